The molecule has 4 nitrogen and oxygen atoms in total. The number of hydrogen-bond donors (Lipinski definition) is 1. The summed E-state index contributed by atoms with van der Waals surface area (Å²) < 4.78 is 2.01. The van der Waals surface area contributed by atoms with Gasteiger partial charge in [-0.15, -0.1) is 0 Å². The van der Waals surface area contributed by atoms with Gasteiger partial charge in [-0.1, -0.05) is 0 Å². The van der Waals surface area contributed by atoms with E-state index in [2.05, 4.69) is 10.00 Å². The average Bonchev–Trinajstić information content (AvgIpc) is 2.89. The smallest absolute Gasteiger partial charge is 0.124 e. The van der Waals surface area contributed by atoms with Crippen molar-refractivity contribution in [2.45, 2.75) is 38.3 Å². The van der Waals surface area contributed by atoms with Gasteiger partial charge < -0.3 is 5.73 Å². The zero-order chi connectivity index (χ0) is 10.4. The van der Waals surface area contributed by atoms with E-state index in [0.717, 1.165) is 24.0 Å². The summed E-state index contributed by atoms with van der Waals surface area (Å²) in [5.41, 5.74) is 7.10. The Kier molecular flexibility index (Phi) is 1.99. The van der Waals surface area contributed by atoms with E-state index < -0.39 is 0 Å². The maximum Gasteiger partial charge on any atom is 0.124 e. The highest BCUT2D eigenvalue weighted by Gasteiger charge is 2.35. The van der Waals surface area contributed by atoms with E-state index in [4.69, 9.17) is 5.73 Å². The largest absolute Gasteiger partial charge is 0.384 e. The molecule has 1 aliphatic carbocycles. The number of likely N-dealkylation sites (tertiary alicyclic amines) is 1. The molecule has 0 bridgehead atoms. The van der Waals surface area contributed by atoms with Gasteiger partial charge in [0.25, 0.3) is 0 Å². The van der Waals surface area contributed by atoms with Gasteiger partial charge in [-0.05, 0) is 26.2 Å². The molecular weight excluding hydrogens is 188 g/mol. The molecule has 1 aromatic rings. The van der Waals surface area contributed by atoms with Crippen LogP contribution in [0.5, 0.6) is 0 Å². The third-order valence-corrected chi connectivity index (χ3v) is 3.63. The van der Waals surface area contributed by atoms with Crippen molar-refractivity contribution < 1.29 is 0 Å². The van der Waals surface area contributed by atoms with Gasteiger partial charge in [0.15, 0.2) is 0 Å². The van der Waals surface area contributed by atoms with E-state index in [-0.39, 0.29) is 0 Å². The van der Waals surface area contributed by atoms with Crippen molar-refractivity contribution in [2.75, 3.05) is 18.8 Å². The van der Waals surface area contributed by atoms with E-state index in [9.17, 15) is 0 Å². The van der Waals surface area contributed by atoms with Crippen LogP contribution in [0.15, 0.2) is 6.20 Å². The predicted molar refractivity (Wildman–Crippen MR) is 59.6 cm³/mol. The summed E-state index contributed by atoms with van der Waals surface area (Å²) in [4.78, 5) is 2.58. The monoisotopic (exact) mass is 206 g/mol. The lowest BCUT2D eigenvalue weighted by molar-refractivity contribution is 0.310. The molecule has 1 saturated carbocycles. The quantitative estimate of drug-likeness (QED) is 0.790. The standard InChI is InChI=1S/C11H18N4/c1-8-6-13-15(11(8)12)10-4-5-14(7-10)9-2-3-9/h6,9-10H,2-5,7,12H2,1H3. The minimum atomic E-state index is 0.499. The van der Waals surface area contributed by atoms with Crippen molar-refractivity contribution in [1.82, 2.24) is 14.7 Å². The summed E-state index contributed by atoms with van der Waals surface area (Å²) in [5, 5.41) is 4.38. The third kappa shape index (κ3) is 1.53. The van der Waals surface area contributed by atoms with E-state index in [0.29, 0.717) is 6.04 Å². The normalized spacial score (nSPS) is 27.4. The van der Waals surface area contributed by atoms with Crippen LogP contribution in [-0.2, 0) is 0 Å². The molecule has 1 unspecified atom stereocenters. The first-order valence-corrected chi connectivity index (χ1v) is 5.79. The molecule has 1 aromatic heterocycles. The number of aryl methyl sites for hydroxylation is 1. The number of nitrogen functional groups attached to an aromatic ring is 1. The van der Waals surface area contributed by atoms with E-state index in [1.165, 1.54) is 25.8 Å². The molecule has 82 valence electrons. The Hall–Kier alpha value is -1.03. The van der Waals surface area contributed by atoms with Gasteiger partial charge in [-0.2, -0.15) is 5.10 Å². The molecule has 2 N–H and O–H groups in total. The minimum absolute atomic E-state index is 0.499. The second-order valence-electron chi connectivity index (χ2n) is 4.83. The predicted octanol–water partition coefficient (Wildman–Crippen LogP) is 1.18. The van der Waals surface area contributed by atoms with Crippen LogP contribution in [-0.4, -0.2) is 33.8 Å². The van der Waals surface area contributed by atoms with Crippen LogP contribution in [0.25, 0.3) is 0 Å². The second kappa shape index (κ2) is 3.23. The highest BCUT2D eigenvalue weighted by molar-refractivity contribution is 5.37. The molecule has 2 heterocycles. The lowest BCUT2D eigenvalue weighted by Gasteiger charge is -2.15. The maximum atomic E-state index is 6.00. The summed E-state index contributed by atoms with van der Waals surface area (Å²) in [6.07, 6.45) is 5.84. The lowest BCUT2D eigenvalue weighted by Crippen LogP contribution is -2.24. The summed E-state index contributed by atoms with van der Waals surface area (Å²) in [7, 11) is 0. The third-order valence-electron chi connectivity index (χ3n) is 3.63. The van der Waals surface area contributed by atoms with Gasteiger partial charge in [-0.3, -0.25) is 4.90 Å². The fourth-order valence-corrected chi connectivity index (χ4v) is 2.49. The number of nitrogens with zero attached hydrogens (tertiary/aromatic N) is 3. The molecule has 2 aliphatic rings. The van der Waals surface area contributed by atoms with Gasteiger partial charge in [0.2, 0.25) is 0 Å². The summed E-state index contributed by atoms with van der Waals surface area (Å²) in [5.74, 6) is 0.845. The molecule has 0 radical (unpaired) electrons. The summed E-state index contributed by atoms with van der Waals surface area (Å²) in [6, 6.07) is 1.37. The zero-order valence-corrected chi connectivity index (χ0v) is 9.19. The molecule has 0 spiro atoms. The van der Waals surface area contributed by atoms with Crippen LogP contribution >= 0.6 is 0 Å². The minimum Gasteiger partial charge on any atom is -0.384 e. The van der Waals surface area contributed by atoms with Gasteiger partial charge in [0, 0.05) is 24.7 Å². The number of aromatic nitrogens is 2. The van der Waals surface area contributed by atoms with Crippen LogP contribution in [0.1, 0.15) is 30.9 Å². The molecule has 3 rings (SSSR count). The van der Waals surface area contributed by atoms with E-state index in [1.807, 2.05) is 17.8 Å². The van der Waals surface area contributed by atoms with Crippen LogP contribution in [0, 0.1) is 6.92 Å². The topological polar surface area (TPSA) is 47.1 Å². The molecule has 2 fully saturated rings. The van der Waals surface area contributed by atoms with Crippen molar-refractivity contribution in [3.8, 4) is 0 Å². The molecule has 4 heteroatoms. The highest BCUT2D eigenvalue weighted by Crippen LogP contribution is 2.34. The number of nitrogens with two attached hydrogens (primary N) is 1. The van der Waals surface area contributed by atoms with Gasteiger partial charge in [-0.25, -0.2) is 4.68 Å². The van der Waals surface area contributed by atoms with Crippen molar-refractivity contribution in [2.24, 2.45) is 0 Å². The van der Waals surface area contributed by atoms with Crippen molar-refractivity contribution >= 4 is 5.82 Å². The second-order valence-corrected chi connectivity index (χ2v) is 4.83. The van der Waals surface area contributed by atoms with Gasteiger partial charge in [0.05, 0.1) is 12.2 Å². The van der Waals surface area contributed by atoms with Crippen LogP contribution in [0.3, 0.4) is 0 Å². The van der Waals surface area contributed by atoms with Crippen molar-refractivity contribution in [3.63, 3.8) is 0 Å². The Balaban J connectivity index is 1.75. The Bertz CT molecular complexity index is 367. The number of hydrogen-bond acceptors (Lipinski definition) is 3. The van der Waals surface area contributed by atoms with Crippen molar-refractivity contribution in [1.29, 1.82) is 0 Å². The average molecular weight is 206 g/mol. The fourth-order valence-electron chi connectivity index (χ4n) is 2.49. The molecule has 0 amide bonds. The van der Waals surface area contributed by atoms with Crippen LogP contribution < -0.4 is 5.73 Å². The first kappa shape index (κ1) is 9.21. The van der Waals surface area contributed by atoms with Crippen LogP contribution in [0.2, 0.25) is 0 Å². The number of anilines is 1. The molecule has 1 saturated heterocycles. The molecule has 15 heavy (non-hydrogen) atoms. The summed E-state index contributed by atoms with van der Waals surface area (Å²) in [6.45, 7) is 4.37. The van der Waals surface area contributed by atoms with Crippen LogP contribution in [0.4, 0.5) is 5.82 Å². The first-order valence-electron chi connectivity index (χ1n) is 5.79. The summed E-state index contributed by atoms with van der Waals surface area (Å²) >= 11 is 0. The Morgan fingerprint density at radius 1 is 1.33 bits per heavy atom. The molecule has 1 aliphatic heterocycles. The fraction of sp³-hybridized carbons (Fsp3) is 0.727. The number of rotatable bonds is 2. The Labute approximate surface area is 90.0 Å². The SMILES string of the molecule is Cc1cnn(C2CCN(C3CC3)C2)c1N. The molecule has 1 atom stereocenters. The van der Waals surface area contributed by atoms with Gasteiger partial charge in [0.1, 0.15) is 5.82 Å². The lowest BCUT2D eigenvalue weighted by atomic mass is 10.2. The maximum absolute atomic E-state index is 6.00. The molecule has 0 aromatic carbocycles. The highest BCUT2D eigenvalue weighted by atomic mass is 15.4. The Morgan fingerprint density at radius 2 is 2.13 bits per heavy atom. The zero-order valence-electron chi connectivity index (χ0n) is 9.19. The van der Waals surface area contributed by atoms with E-state index >= 15 is 0 Å². The molecular formula is C11H18N4. The first-order chi connectivity index (χ1) is 7.25. The Morgan fingerprint density at radius 3 is 2.73 bits per heavy atom. The van der Waals surface area contributed by atoms with Gasteiger partial charge >= 0.3 is 0 Å². The van der Waals surface area contributed by atoms with E-state index in [1.54, 1.807) is 0 Å². The van der Waals surface area contributed by atoms with Crippen molar-refractivity contribution in [3.05, 3.63) is 11.8 Å².